The van der Waals surface area contributed by atoms with Crippen molar-refractivity contribution in [1.29, 1.82) is 0 Å². The van der Waals surface area contributed by atoms with E-state index in [1.165, 1.54) is 36.8 Å². The van der Waals surface area contributed by atoms with Crippen molar-refractivity contribution in [1.82, 2.24) is 5.32 Å². The van der Waals surface area contributed by atoms with E-state index in [1.807, 2.05) is 0 Å². The van der Waals surface area contributed by atoms with Gasteiger partial charge in [0, 0.05) is 18.2 Å². The minimum Gasteiger partial charge on any atom is -0.493 e. The molecule has 0 radical (unpaired) electrons. The third-order valence-corrected chi connectivity index (χ3v) is 3.87. The van der Waals surface area contributed by atoms with Crippen LogP contribution in [0.4, 0.5) is 0 Å². The molecule has 0 aromatic heterocycles. The van der Waals surface area contributed by atoms with Gasteiger partial charge in [-0.2, -0.15) is 0 Å². The van der Waals surface area contributed by atoms with E-state index in [0.29, 0.717) is 6.04 Å². The van der Waals surface area contributed by atoms with Crippen LogP contribution >= 0.6 is 0 Å². The molecule has 0 bridgehead atoms. The molecule has 0 aliphatic heterocycles. The summed E-state index contributed by atoms with van der Waals surface area (Å²) in [5, 5.41) is 3.48. The molecule has 1 saturated carbocycles. The molecule has 1 fully saturated rings. The molecule has 1 aromatic carbocycles. The van der Waals surface area contributed by atoms with Gasteiger partial charge in [-0.05, 0) is 31.7 Å². The highest BCUT2D eigenvalue weighted by atomic mass is 16.5. The molecule has 2 nitrogen and oxygen atoms in total. The van der Waals surface area contributed by atoms with Crippen molar-refractivity contribution in [3.63, 3.8) is 0 Å². The molecule has 1 aliphatic carbocycles. The molecule has 2 rings (SSSR count). The second-order valence-corrected chi connectivity index (χ2v) is 6.11. The first-order valence-electron chi connectivity index (χ1n) is 7.61. The second kappa shape index (κ2) is 6.95. The fourth-order valence-corrected chi connectivity index (χ4v) is 2.69. The molecule has 0 spiro atoms. The summed E-state index contributed by atoms with van der Waals surface area (Å²) in [7, 11) is 0. The first-order chi connectivity index (χ1) is 9.15. The predicted octanol–water partition coefficient (Wildman–Crippen LogP) is 4.06. The normalized spacial score (nSPS) is 16.2. The maximum absolute atomic E-state index is 6.07. The molecule has 1 N–H and O–H groups in total. The lowest BCUT2D eigenvalue weighted by atomic mass is 10.1. The standard InChI is InChI=1S/C17H27NO/c1-13(2)18-11-16-10-14(3)8-9-17(16)19-12-15-6-4-5-7-15/h8-10,13,15,18H,4-7,11-12H2,1-3H3. The van der Waals surface area contributed by atoms with E-state index >= 15 is 0 Å². The Labute approximate surface area is 117 Å². The summed E-state index contributed by atoms with van der Waals surface area (Å²) in [5.74, 6) is 1.83. The maximum Gasteiger partial charge on any atom is 0.123 e. The summed E-state index contributed by atoms with van der Waals surface area (Å²) in [5.41, 5.74) is 2.58. The summed E-state index contributed by atoms with van der Waals surface area (Å²) in [4.78, 5) is 0. The topological polar surface area (TPSA) is 21.3 Å². The number of nitrogens with one attached hydrogen (secondary N) is 1. The van der Waals surface area contributed by atoms with Crippen LogP contribution in [0, 0.1) is 12.8 Å². The van der Waals surface area contributed by atoms with Gasteiger partial charge in [-0.1, -0.05) is 44.4 Å². The highest BCUT2D eigenvalue weighted by molar-refractivity contribution is 5.36. The molecule has 1 aromatic rings. The lowest BCUT2D eigenvalue weighted by molar-refractivity contribution is 0.249. The van der Waals surface area contributed by atoms with Gasteiger partial charge >= 0.3 is 0 Å². The fourth-order valence-electron chi connectivity index (χ4n) is 2.69. The molecular formula is C17H27NO. The Kier molecular flexibility index (Phi) is 5.26. The minimum absolute atomic E-state index is 0.503. The smallest absolute Gasteiger partial charge is 0.123 e. The highest BCUT2D eigenvalue weighted by Gasteiger charge is 2.16. The molecule has 0 unspecified atom stereocenters. The molecule has 0 saturated heterocycles. The summed E-state index contributed by atoms with van der Waals surface area (Å²) in [6.45, 7) is 8.26. The first kappa shape index (κ1) is 14.4. The zero-order valence-corrected chi connectivity index (χ0v) is 12.5. The zero-order chi connectivity index (χ0) is 13.7. The van der Waals surface area contributed by atoms with Gasteiger partial charge in [0.05, 0.1) is 6.61 Å². The summed E-state index contributed by atoms with van der Waals surface area (Å²) in [6.07, 6.45) is 5.43. The molecular weight excluding hydrogens is 234 g/mol. The van der Waals surface area contributed by atoms with Crippen molar-refractivity contribution < 1.29 is 4.74 Å². The Hall–Kier alpha value is -1.02. The molecule has 0 heterocycles. The average Bonchev–Trinajstić information content (AvgIpc) is 2.88. The van der Waals surface area contributed by atoms with Crippen LogP contribution in [0.25, 0.3) is 0 Å². The van der Waals surface area contributed by atoms with E-state index in [0.717, 1.165) is 24.8 Å². The Morgan fingerprint density at radius 1 is 1.26 bits per heavy atom. The molecule has 19 heavy (non-hydrogen) atoms. The van der Waals surface area contributed by atoms with Crippen molar-refractivity contribution in [3.8, 4) is 5.75 Å². The Balaban J connectivity index is 1.96. The van der Waals surface area contributed by atoms with Gasteiger partial charge < -0.3 is 10.1 Å². The van der Waals surface area contributed by atoms with Crippen molar-refractivity contribution in [2.45, 2.75) is 59.0 Å². The summed E-state index contributed by atoms with van der Waals surface area (Å²) >= 11 is 0. The van der Waals surface area contributed by atoms with Crippen LogP contribution < -0.4 is 10.1 Å². The third kappa shape index (κ3) is 4.54. The van der Waals surface area contributed by atoms with Gasteiger partial charge in [0.1, 0.15) is 5.75 Å². The van der Waals surface area contributed by atoms with Gasteiger partial charge in [0.25, 0.3) is 0 Å². The SMILES string of the molecule is Cc1ccc(OCC2CCCC2)c(CNC(C)C)c1. The number of ether oxygens (including phenoxy) is 1. The summed E-state index contributed by atoms with van der Waals surface area (Å²) < 4.78 is 6.07. The largest absolute Gasteiger partial charge is 0.493 e. The van der Waals surface area contributed by atoms with E-state index in [2.05, 4.69) is 44.3 Å². The van der Waals surface area contributed by atoms with Crippen molar-refractivity contribution in [2.24, 2.45) is 5.92 Å². The van der Waals surface area contributed by atoms with Gasteiger partial charge in [0.15, 0.2) is 0 Å². The van der Waals surface area contributed by atoms with E-state index in [9.17, 15) is 0 Å². The third-order valence-electron chi connectivity index (χ3n) is 3.87. The summed E-state index contributed by atoms with van der Waals surface area (Å²) in [6, 6.07) is 7.01. The lowest BCUT2D eigenvalue weighted by Gasteiger charge is -2.16. The van der Waals surface area contributed by atoms with E-state index in [1.54, 1.807) is 0 Å². The van der Waals surface area contributed by atoms with E-state index < -0.39 is 0 Å². The van der Waals surface area contributed by atoms with E-state index in [4.69, 9.17) is 4.74 Å². The molecule has 2 heteroatoms. The molecule has 106 valence electrons. The predicted molar refractivity (Wildman–Crippen MR) is 80.6 cm³/mol. The van der Waals surface area contributed by atoms with Gasteiger partial charge in [-0.15, -0.1) is 0 Å². The first-order valence-corrected chi connectivity index (χ1v) is 7.61. The Bertz CT molecular complexity index is 394. The number of benzene rings is 1. The van der Waals surface area contributed by atoms with Crippen LogP contribution in [0.3, 0.4) is 0 Å². The second-order valence-electron chi connectivity index (χ2n) is 6.11. The lowest BCUT2D eigenvalue weighted by Crippen LogP contribution is -2.22. The van der Waals surface area contributed by atoms with Crippen molar-refractivity contribution >= 4 is 0 Å². The van der Waals surface area contributed by atoms with Gasteiger partial charge in [0.2, 0.25) is 0 Å². The van der Waals surface area contributed by atoms with Crippen molar-refractivity contribution in [2.75, 3.05) is 6.61 Å². The Morgan fingerprint density at radius 2 is 2.00 bits per heavy atom. The van der Waals surface area contributed by atoms with Gasteiger partial charge in [-0.25, -0.2) is 0 Å². The van der Waals surface area contributed by atoms with Crippen LogP contribution in [0.2, 0.25) is 0 Å². The van der Waals surface area contributed by atoms with E-state index in [-0.39, 0.29) is 0 Å². The molecule has 0 amide bonds. The van der Waals surface area contributed by atoms with Crippen LogP contribution in [-0.4, -0.2) is 12.6 Å². The average molecular weight is 261 g/mol. The number of hydrogen-bond donors (Lipinski definition) is 1. The van der Waals surface area contributed by atoms with Gasteiger partial charge in [-0.3, -0.25) is 0 Å². The fraction of sp³-hybridized carbons (Fsp3) is 0.647. The van der Waals surface area contributed by atoms with Crippen LogP contribution in [0.5, 0.6) is 5.75 Å². The number of rotatable bonds is 6. The quantitative estimate of drug-likeness (QED) is 0.833. The monoisotopic (exact) mass is 261 g/mol. The van der Waals surface area contributed by atoms with Crippen LogP contribution in [0.1, 0.15) is 50.7 Å². The highest BCUT2D eigenvalue weighted by Crippen LogP contribution is 2.27. The maximum atomic E-state index is 6.07. The molecule has 0 atom stereocenters. The Morgan fingerprint density at radius 3 is 2.68 bits per heavy atom. The molecule has 1 aliphatic rings. The number of hydrogen-bond acceptors (Lipinski definition) is 2. The zero-order valence-electron chi connectivity index (χ0n) is 12.5. The van der Waals surface area contributed by atoms with Crippen LogP contribution in [0.15, 0.2) is 18.2 Å². The minimum atomic E-state index is 0.503. The number of aryl methyl sites for hydroxylation is 1. The van der Waals surface area contributed by atoms with Crippen LogP contribution in [-0.2, 0) is 6.54 Å². The van der Waals surface area contributed by atoms with Crippen molar-refractivity contribution in [3.05, 3.63) is 29.3 Å².